The fraction of sp³-hybridized carbons (Fsp3) is 0. The van der Waals surface area contributed by atoms with Crippen LogP contribution >= 0.6 is 43.5 Å². The summed E-state index contributed by atoms with van der Waals surface area (Å²) in [6.07, 6.45) is 0.770. The number of carbonyl (C=O) groups is 1. The summed E-state index contributed by atoms with van der Waals surface area (Å²) in [5.41, 5.74) is 0.591. The summed E-state index contributed by atoms with van der Waals surface area (Å²) >= 11 is 12.2. The Morgan fingerprint density at radius 2 is 1.73 bits per heavy atom. The van der Waals surface area contributed by atoms with Gasteiger partial charge in [0.25, 0.3) is 0 Å². The summed E-state index contributed by atoms with van der Waals surface area (Å²) in [5, 5.41) is 0.579. The summed E-state index contributed by atoms with van der Waals surface area (Å²) < 4.78 is 1.44. The van der Waals surface area contributed by atoms with Crippen LogP contribution in [-0.2, 0) is 0 Å². The van der Waals surface area contributed by atoms with Crippen LogP contribution in [0.2, 0.25) is 5.02 Å². The van der Waals surface area contributed by atoms with Gasteiger partial charge in [-0.05, 0) is 44.0 Å². The molecule has 0 heterocycles. The van der Waals surface area contributed by atoms with Crippen LogP contribution in [0, 0.1) is 0 Å². The first kappa shape index (κ1) is 9.23. The Balaban J connectivity index is 3.31. The van der Waals surface area contributed by atoms with Crippen molar-refractivity contribution in [2.45, 2.75) is 0 Å². The average molecular weight is 298 g/mol. The quantitative estimate of drug-likeness (QED) is 0.571. The smallest absolute Gasteiger partial charge is 0.150 e. The molecule has 0 aromatic heterocycles. The van der Waals surface area contributed by atoms with Crippen molar-refractivity contribution in [3.8, 4) is 0 Å². The van der Waals surface area contributed by atoms with Gasteiger partial charge in [0.15, 0.2) is 0 Å². The number of hydrogen-bond acceptors (Lipinski definition) is 1. The Labute approximate surface area is 86.0 Å². The number of aldehydes is 1. The molecule has 0 bridgehead atoms. The van der Waals surface area contributed by atoms with Gasteiger partial charge < -0.3 is 0 Å². The van der Waals surface area contributed by atoms with Gasteiger partial charge in [-0.3, -0.25) is 4.79 Å². The van der Waals surface area contributed by atoms with Crippen LogP contribution in [0.25, 0.3) is 0 Å². The molecular formula is C7H3Br2ClO. The minimum absolute atomic E-state index is 0.579. The van der Waals surface area contributed by atoms with Crippen LogP contribution in [-0.4, -0.2) is 6.29 Å². The second-order valence-electron chi connectivity index (χ2n) is 1.92. The molecule has 0 aliphatic heterocycles. The van der Waals surface area contributed by atoms with Crippen LogP contribution in [0.5, 0.6) is 0 Å². The fourth-order valence-corrected chi connectivity index (χ4v) is 1.97. The molecule has 1 rings (SSSR count). The van der Waals surface area contributed by atoms with E-state index in [9.17, 15) is 4.79 Å². The zero-order chi connectivity index (χ0) is 8.43. The van der Waals surface area contributed by atoms with E-state index in [4.69, 9.17) is 11.6 Å². The summed E-state index contributed by atoms with van der Waals surface area (Å²) in [5.74, 6) is 0. The molecule has 0 spiro atoms. The number of carbonyl (C=O) groups excluding carboxylic acids is 1. The predicted octanol–water partition coefficient (Wildman–Crippen LogP) is 3.68. The third-order valence-electron chi connectivity index (χ3n) is 1.14. The molecule has 1 aromatic carbocycles. The molecule has 0 atom stereocenters. The lowest BCUT2D eigenvalue weighted by Crippen LogP contribution is -1.81. The molecular weight excluding hydrogens is 295 g/mol. The number of halogens is 3. The highest BCUT2D eigenvalue weighted by Crippen LogP contribution is 2.31. The molecule has 0 saturated heterocycles. The number of benzene rings is 1. The van der Waals surface area contributed by atoms with Gasteiger partial charge in [0.1, 0.15) is 6.29 Å². The first-order valence-electron chi connectivity index (χ1n) is 2.75. The van der Waals surface area contributed by atoms with Crippen molar-refractivity contribution in [3.63, 3.8) is 0 Å². The second kappa shape index (κ2) is 3.70. The minimum Gasteiger partial charge on any atom is -0.298 e. The van der Waals surface area contributed by atoms with E-state index in [1.165, 1.54) is 0 Å². The summed E-state index contributed by atoms with van der Waals surface area (Å²) in [7, 11) is 0. The topological polar surface area (TPSA) is 17.1 Å². The molecule has 0 aliphatic rings. The first-order valence-corrected chi connectivity index (χ1v) is 4.71. The van der Waals surface area contributed by atoms with Crippen LogP contribution in [0.1, 0.15) is 10.4 Å². The Kier molecular flexibility index (Phi) is 3.10. The fourth-order valence-electron chi connectivity index (χ4n) is 0.643. The van der Waals surface area contributed by atoms with Gasteiger partial charge in [-0.2, -0.15) is 0 Å². The van der Waals surface area contributed by atoms with E-state index in [1.807, 2.05) is 0 Å². The van der Waals surface area contributed by atoms with Crippen LogP contribution in [0.15, 0.2) is 21.1 Å². The number of rotatable bonds is 1. The van der Waals surface area contributed by atoms with E-state index in [-0.39, 0.29) is 0 Å². The van der Waals surface area contributed by atoms with E-state index in [1.54, 1.807) is 12.1 Å². The Bertz CT molecular complexity index is 275. The lowest BCUT2D eigenvalue weighted by atomic mass is 10.2. The van der Waals surface area contributed by atoms with Gasteiger partial charge in [0.05, 0.1) is 5.02 Å². The van der Waals surface area contributed by atoms with Crippen molar-refractivity contribution >= 4 is 49.7 Å². The molecule has 0 fully saturated rings. The van der Waals surface area contributed by atoms with Crippen LogP contribution < -0.4 is 0 Å². The highest BCUT2D eigenvalue weighted by molar-refractivity contribution is 9.11. The largest absolute Gasteiger partial charge is 0.298 e. The van der Waals surface area contributed by atoms with Crippen molar-refractivity contribution in [2.24, 2.45) is 0 Å². The van der Waals surface area contributed by atoms with Gasteiger partial charge >= 0.3 is 0 Å². The van der Waals surface area contributed by atoms with Crippen molar-refractivity contribution < 1.29 is 4.79 Å². The lowest BCUT2D eigenvalue weighted by Gasteiger charge is -1.99. The third-order valence-corrected chi connectivity index (χ3v) is 3.26. The van der Waals surface area contributed by atoms with Gasteiger partial charge in [-0.15, -0.1) is 0 Å². The number of hydrogen-bond donors (Lipinski definition) is 0. The van der Waals surface area contributed by atoms with E-state index in [2.05, 4.69) is 31.9 Å². The SMILES string of the molecule is O=Cc1cc(Br)c(Cl)c(Br)c1. The summed E-state index contributed by atoms with van der Waals surface area (Å²) in [6, 6.07) is 3.33. The highest BCUT2D eigenvalue weighted by atomic mass is 79.9. The van der Waals surface area contributed by atoms with Crippen molar-refractivity contribution in [1.82, 2.24) is 0 Å². The monoisotopic (exact) mass is 296 g/mol. The minimum atomic E-state index is 0.579. The normalized spacial score (nSPS) is 9.73. The Hall–Kier alpha value is 0.140. The van der Waals surface area contributed by atoms with Gasteiger partial charge in [0.2, 0.25) is 0 Å². The Morgan fingerprint density at radius 1 is 1.27 bits per heavy atom. The molecule has 0 amide bonds. The molecule has 4 heteroatoms. The maximum absolute atomic E-state index is 10.3. The molecule has 0 unspecified atom stereocenters. The lowest BCUT2D eigenvalue weighted by molar-refractivity contribution is 0.112. The molecule has 1 aromatic rings. The van der Waals surface area contributed by atoms with Crippen molar-refractivity contribution in [2.75, 3.05) is 0 Å². The first-order chi connectivity index (χ1) is 5.15. The van der Waals surface area contributed by atoms with Gasteiger partial charge in [-0.25, -0.2) is 0 Å². The molecule has 0 aliphatic carbocycles. The van der Waals surface area contributed by atoms with E-state index < -0.39 is 0 Å². The van der Waals surface area contributed by atoms with Crippen molar-refractivity contribution in [3.05, 3.63) is 31.7 Å². The molecule has 0 saturated carbocycles. The van der Waals surface area contributed by atoms with E-state index in [0.29, 0.717) is 10.6 Å². The van der Waals surface area contributed by atoms with Crippen LogP contribution in [0.3, 0.4) is 0 Å². The average Bonchev–Trinajstić information content (AvgIpc) is 1.99. The molecule has 0 N–H and O–H groups in total. The standard InChI is InChI=1S/C7H3Br2ClO/c8-5-1-4(3-11)2-6(9)7(5)10/h1-3H. The molecule has 0 radical (unpaired) electrons. The maximum Gasteiger partial charge on any atom is 0.150 e. The third kappa shape index (κ3) is 2.04. The second-order valence-corrected chi connectivity index (χ2v) is 4.00. The van der Waals surface area contributed by atoms with Gasteiger partial charge in [-0.1, -0.05) is 11.6 Å². The van der Waals surface area contributed by atoms with Crippen LogP contribution in [0.4, 0.5) is 0 Å². The highest BCUT2D eigenvalue weighted by Gasteiger charge is 2.03. The molecule has 58 valence electrons. The van der Waals surface area contributed by atoms with Gasteiger partial charge in [0, 0.05) is 14.5 Å². The molecule has 11 heavy (non-hydrogen) atoms. The zero-order valence-electron chi connectivity index (χ0n) is 5.27. The predicted molar refractivity (Wildman–Crippen MR) is 52.2 cm³/mol. The maximum atomic E-state index is 10.3. The Morgan fingerprint density at radius 3 is 2.09 bits per heavy atom. The van der Waals surface area contributed by atoms with E-state index >= 15 is 0 Å². The van der Waals surface area contributed by atoms with Crippen molar-refractivity contribution in [1.29, 1.82) is 0 Å². The summed E-state index contributed by atoms with van der Waals surface area (Å²) in [4.78, 5) is 10.3. The zero-order valence-corrected chi connectivity index (χ0v) is 9.20. The summed E-state index contributed by atoms with van der Waals surface area (Å²) in [6.45, 7) is 0. The van der Waals surface area contributed by atoms with E-state index in [0.717, 1.165) is 15.2 Å². The molecule has 1 nitrogen and oxygen atoms in total.